The highest BCUT2D eigenvalue weighted by Crippen LogP contribution is 2.33. The molecule has 1 aliphatic heterocycles. The second-order valence-corrected chi connectivity index (χ2v) is 5.24. The lowest BCUT2D eigenvalue weighted by Gasteiger charge is -2.33. The fraction of sp³-hybridized carbons (Fsp3) is 0.636. The molecule has 0 saturated carbocycles. The molecular weight excluding hydrogens is 309 g/mol. The van der Waals surface area contributed by atoms with Crippen LogP contribution in [0.1, 0.15) is 24.3 Å². The molecule has 0 radical (unpaired) electrons. The topological polar surface area (TPSA) is 58.4 Å². The first kappa shape index (κ1) is 18.6. The first-order valence-electron chi connectivity index (χ1n) is 5.91. The Labute approximate surface area is 129 Å². The molecule has 2 rings (SSSR count). The second kappa shape index (κ2) is 8.71. The van der Waals surface area contributed by atoms with Gasteiger partial charge in [-0.1, -0.05) is 18.3 Å². The zero-order valence-electron chi connectivity index (χ0n) is 10.7. The van der Waals surface area contributed by atoms with Crippen LogP contribution in [0.5, 0.6) is 0 Å². The lowest BCUT2D eigenvalue weighted by atomic mass is 10.1. The standard InChI is InChI=1S/C11H17N3O2S.2ClH/c1-2-9(13-7-5-12-6-8-13)10-3-4-11(17-10)14(15)16;;/h3-4,9,12H,2,5-8H2,1H3;2*1H/t9-;;/m1../s1. The molecular formula is C11H19Cl2N3O2S. The normalized spacial score (nSPS) is 17.1. The highest BCUT2D eigenvalue weighted by Gasteiger charge is 2.23. The number of nitrogens with zero attached hydrogens (tertiary/aromatic N) is 2. The van der Waals surface area contributed by atoms with Crippen LogP contribution in [0, 0.1) is 10.1 Å². The molecule has 5 nitrogen and oxygen atoms in total. The predicted octanol–water partition coefficient (Wildman–Crippen LogP) is 2.86. The molecule has 8 heteroatoms. The Morgan fingerprint density at radius 3 is 2.53 bits per heavy atom. The highest BCUT2D eigenvalue weighted by molar-refractivity contribution is 7.15. The van der Waals surface area contributed by atoms with Gasteiger partial charge >= 0.3 is 5.00 Å². The molecule has 0 spiro atoms. The minimum atomic E-state index is -0.307. The minimum absolute atomic E-state index is 0. The van der Waals surface area contributed by atoms with Crippen molar-refractivity contribution in [2.75, 3.05) is 26.2 Å². The van der Waals surface area contributed by atoms with Gasteiger partial charge in [0.1, 0.15) is 0 Å². The van der Waals surface area contributed by atoms with Crippen molar-refractivity contribution in [2.45, 2.75) is 19.4 Å². The third kappa shape index (κ3) is 4.57. The number of hydrogen-bond acceptors (Lipinski definition) is 5. The zero-order chi connectivity index (χ0) is 12.3. The number of nitro groups is 1. The van der Waals surface area contributed by atoms with Crippen LogP contribution in [0.3, 0.4) is 0 Å². The summed E-state index contributed by atoms with van der Waals surface area (Å²) in [5, 5.41) is 14.3. The maximum absolute atomic E-state index is 10.7. The van der Waals surface area contributed by atoms with Gasteiger partial charge in [0, 0.05) is 43.2 Å². The van der Waals surface area contributed by atoms with Crippen LogP contribution < -0.4 is 5.32 Å². The van der Waals surface area contributed by atoms with Crippen LogP contribution in [0.25, 0.3) is 0 Å². The van der Waals surface area contributed by atoms with Crippen molar-refractivity contribution in [3.63, 3.8) is 0 Å². The Balaban J connectivity index is 0.00000162. The van der Waals surface area contributed by atoms with Crippen LogP contribution in [0.2, 0.25) is 0 Å². The summed E-state index contributed by atoms with van der Waals surface area (Å²) in [6, 6.07) is 3.85. The van der Waals surface area contributed by atoms with E-state index in [-0.39, 0.29) is 34.7 Å². The van der Waals surface area contributed by atoms with E-state index >= 15 is 0 Å². The smallest absolute Gasteiger partial charge is 0.314 e. The van der Waals surface area contributed by atoms with E-state index in [1.54, 1.807) is 6.07 Å². The largest absolute Gasteiger partial charge is 0.324 e. The molecule has 1 aromatic rings. The lowest BCUT2D eigenvalue weighted by molar-refractivity contribution is -0.380. The van der Waals surface area contributed by atoms with Gasteiger partial charge in [-0.05, 0) is 12.5 Å². The number of piperazine rings is 1. The maximum atomic E-state index is 10.7. The van der Waals surface area contributed by atoms with Crippen LogP contribution >= 0.6 is 36.2 Å². The quantitative estimate of drug-likeness (QED) is 0.682. The fourth-order valence-corrected chi connectivity index (χ4v) is 3.29. The maximum Gasteiger partial charge on any atom is 0.324 e. The van der Waals surface area contributed by atoms with E-state index in [4.69, 9.17) is 0 Å². The van der Waals surface area contributed by atoms with Crippen LogP contribution in [0.4, 0.5) is 5.00 Å². The first-order valence-corrected chi connectivity index (χ1v) is 6.73. The number of halogens is 2. The van der Waals surface area contributed by atoms with E-state index in [1.807, 2.05) is 6.07 Å². The summed E-state index contributed by atoms with van der Waals surface area (Å²) in [6.45, 7) is 6.18. The van der Waals surface area contributed by atoms with Crippen LogP contribution in [0.15, 0.2) is 12.1 Å². The van der Waals surface area contributed by atoms with Gasteiger partial charge in [-0.15, -0.1) is 24.8 Å². The van der Waals surface area contributed by atoms with Gasteiger partial charge in [0.15, 0.2) is 0 Å². The van der Waals surface area contributed by atoms with E-state index in [2.05, 4.69) is 17.1 Å². The van der Waals surface area contributed by atoms with Crippen molar-refractivity contribution >= 4 is 41.2 Å². The van der Waals surface area contributed by atoms with Gasteiger partial charge in [-0.3, -0.25) is 15.0 Å². The van der Waals surface area contributed by atoms with Crippen LogP contribution in [-0.4, -0.2) is 36.0 Å². The molecule has 0 aliphatic carbocycles. The van der Waals surface area contributed by atoms with Gasteiger partial charge in [0.2, 0.25) is 0 Å². The summed E-state index contributed by atoms with van der Waals surface area (Å²) in [5.41, 5.74) is 0. The molecule has 19 heavy (non-hydrogen) atoms. The highest BCUT2D eigenvalue weighted by atomic mass is 35.5. The van der Waals surface area contributed by atoms with Gasteiger partial charge in [-0.25, -0.2) is 0 Å². The molecule has 1 atom stereocenters. The summed E-state index contributed by atoms with van der Waals surface area (Å²) >= 11 is 1.31. The summed E-state index contributed by atoms with van der Waals surface area (Å²) < 4.78 is 0. The summed E-state index contributed by atoms with van der Waals surface area (Å²) in [6.07, 6.45) is 0.998. The van der Waals surface area contributed by atoms with E-state index in [1.165, 1.54) is 11.3 Å². The molecule has 1 saturated heterocycles. The average molecular weight is 328 g/mol. The summed E-state index contributed by atoms with van der Waals surface area (Å²) in [7, 11) is 0. The number of thiophene rings is 1. The number of hydrogen-bond donors (Lipinski definition) is 1. The molecule has 2 heterocycles. The fourth-order valence-electron chi connectivity index (χ4n) is 2.25. The van der Waals surface area contributed by atoms with E-state index < -0.39 is 0 Å². The second-order valence-electron chi connectivity index (χ2n) is 4.14. The van der Waals surface area contributed by atoms with E-state index in [0.717, 1.165) is 37.5 Å². The van der Waals surface area contributed by atoms with Crippen molar-refractivity contribution in [1.82, 2.24) is 10.2 Å². The molecule has 0 amide bonds. The Bertz CT molecular complexity index is 397. The zero-order valence-corrected chi connectivity index (χ0v) is 13.2. The SMILES string of the molecule is CC[C@H](c1ccc([N+](=O)[O-])s1)N1CCNCC1.Cl.Cl. The van der Waals surface area contributed by atoms with Crippen LogP contribution in [-0.2, 0) is 0 Å². The van der Waals surface area contributed by atoms with Crippen molar-refractivity contribution in [3.05, 3.63) is 27.1 Å². The van der Waals surface area contributed by atoms with Crippen molar-refractivity contribution in [1.29, 1.82) is 0 Å². The number of rotatable bonds is 4. The van der Waals surface area contributed by atoms with Crippen molar-refractivity contribution in [2.24, 2.45) is 0 Å². The lowest BCUT2D eigenvalue weighted by Crippen LogP contribution is -2.44. The third-order valence-corrected chi connectivity index (χ3v) is 4.24. The summed E-state index contributed by atoms with van der Waals surface area (Å²) in [5.74, 6) is 0. The van der Waals surface area contributed by atoms with Gasteiger partial charge in [0.05, 0.1) is 4.92 Å². The molecule has 0 aromatic carbocycles. The molecule has 1 aliphatic rings. The molecule has 1 N–H and O–H groups in total. The average Bonchev–Trinajstić information content (AvgIpc) is 2.81. The first-order chi connectivity index (χ1) is 8.22. The molecule has 1 fully saturated rings. The minimum Gasteiger partial charge on any atom is -0.314 e. The van der Waals surface area contributed by atoms with E-state index in [0.29, 0.717) is 6.04 Å². The Morgan fingerprint density at radius 2 is 2.05 bits per heavy atom. The monoisotopic (exact) mass is 327 g/mol. The predicted molar refractivity (Wildman–Crippen MR) is 82.9 cm³/mol. The summed E-state index contributed by atoms with van der Waals surface area (Å²) in [4.78, 5) is 13.9. The number of nitrogens with one attached hydrogen (secondary N) is 1. The van der Waals surface area contributed by atoms with Gasteiger partial charge in [0.25, 0.3) is 0 Å². The van der Waals surface area contributed by atoms with Gasteiger partial charge < -0.3 is 5.32 Å². The van der Waals surface area contributed by atoms with Crippen molar-refractivity contribution < 1.29 is 4.92 Å². The Morgan fingerprint density at radius 1 is 1.42 bits per heavy atom. The Kier molecular flexibility index (Phi) is 8.52. The van der Waals surface area contributed by atoms with E-state index in [9.17, 15) is 10.1 Å². The molecule has 0 unspecified atom stereocenters. The Hall–Kier alpha value is -0.400. The van der Waals surface area contributed by atoms with Crippen molar-refractivity contribution in [3.8, 4) is 0 Å². The van der Waals surface area contributed by atoms with Gasteiger partial charge in [-0.2, -0.15) is 0 Å². The molecule has 110 valence electrons. The molecule has 1 aromatic heterocycles. The third-order valence-electron chi connectivity index (χ3n) is 3.10. The molecule has 0 bridgehead atoms.